The van der Waals surface area contributed by atoms with Crippen molar-refractivity contribution in [3.8, 4) is 0 Å². The van der Waals surface area contributed by atoms with Gasteiger partial charge in [-0.2, -0.15) is 0 Å². The summed E-state index contributed by atoms with van der Waals surface area (Å²) in [5.41, 5.74) is 1.53. The van der Waals surface area contributed by atoms with Crippen LogP contribution in [0.2, 0.25) is 0 Å². The fraction of sp³-hybridized carbons (Fsp3) is 0.0909. The van der Waals surface area contributed by atoms with Crippen molar-refractivity contribution in [1.82, 2.24) is 0 Å². The van der Waals surface area contributed by atoms with Gasteiger partial charge in [0.25, 0.3) is 5.91 Å². The highest BCUT2D eigenvalue weighted by molar-refractivity contribution is 8.13. The smallest absolute Gasteiger partial charge is 0.270 e. The van der Waals surface area contributed by atoms with Crippen LogP contribution in [0, 0.1) is 0 Å². The van der Waals surface area contributed by atoms with Crippen molar-refractivity contribution in [3.05, 3.63) is 102 Å². The van der Waals surface area contributed by atoms with Crippen LogP contribution in [0.3, 0.4) is 0 Å². The summed E-state index contributed by atoms with van der Waals surface area (Å²) in [5.74, 6) is -0.0505. The Kier molecular flexibility index (Phi) is 4.35. The number of carbonyl (C=O) groups is 1. The molecule has 0 aliphatic carbocycles. The summed E-state index contributed by atoms with van der Waals surface area (Å²) in [5, 5.41) is 0.703. The molecule has 1 aliphatic rings. The molecule has 0 radical (unpaired) electrons. The maximum atomic E-state index is 13.8. The first-order chi connectivity index (χ1) is 12.8. The zero-order valence-electron chi connectivity index (χ0n) is 14.4. The van der Waals surface area contributed by atoms with Crippen LogP contribution in [0.5, 0.6) is 0 Å². The van der Waals surface area contributed by atoms with Crippen LogP contribution in [-0.2, 0) is 10.3 Å². The van der Waals surface area contributed by atoms with Crippen molar-refractivity contribution >= 4 is 28.5 Å². The quantitative estimate of drug-likeness (QED) is 0.680. The van der Waals surface area contributed by atoms with Gasteiger partial charge in [-0.15, -0.1) is 0 Å². The maximum absolute atomic E-state index is 13.8. The van der Waals surface area contributed by atoms with E-state index in [1.165, 1.54) is 11.8 Å². The monoisotopic (exact) mass is 358 g/mol. The molecule has 0 aromatic heterocycles. The molecule has 3 nitrogen and oxygen atoms in total. The molecule has 1 amide bonds. The number of nitrogens with zero attached hydrogens (tertiary/aromatic N) is 2. The third kappa shape index (κ3) is 2.54. The van der Waals surface area contributed by atoms with E-state index in [0.717, 1.165) is 16.8 Å². The zero-order valence-corrected chi connectivity index (χ0v) is 15.2. The molecular formula is C22H18N2OS. The van der Waals surface area contributed by atoms with Gasteiger partial charge in [0.05, 0.1) is 5.69 Å². The van der Waals surface area contributed by atoms with Crippen LogP contribution >= 0.6 is 11.8 Å². The summed E-state index contributed by atoms with van der Waals surface area (Å²) in [6.07, 6.45) is 1.95. The second-order valence-electron chi connectivity index (χ2n) is 6.02. The van der Waals surface area contributed by atoms with E-state index in [0.29, 0.717) is 5.17 Å². The van der Waals surface area contributed by atoms with E-state index in [1.54, 1.807) is 4.90 Å². The summed E-state index contributed by atoms with van der Waals surface area (Å²) in [6.45, 7) is 0. The second kappa shape index (κ2) is 6.81. The summed E-state index contributed by atoms with van der Waals surface area (Å²) in [7, 11) is 0. The van der Waals surface area contributed by atoms with Crippen molar-refractivity contribution in [2.24, 2.45) is 4.99 Å². The van der Waals surface area contributed by atoms with Crippen molar-refractivity contribution in [1.29, 1.82) is 0 Å². The largest absolute Gasteiger partial charge is 0.270 e. The third-order valence-corrected chi connectivity index (χ3v) is 5.19. The highest BCUT2D eigenvalue weighted by Gasteiger charge is 2.51. The first kappa shape index (κ1) is 16.6. The summed E-state index contributed by atoms with van der Waals surface area (Å²) in [4.78, 5) is 20.5. The predicted octanol–water partition coefficient (Wildman–Crippen LogP) is 4.70. The molecule has 0 atom stereocenters. The van der Waals surface area contributed by atoms with Crippen molar-refractivity contribution < 1.29 is 4.79 Å². The molecule has 0 saturated heterocycles. The van der Waals surface area contributed by atoms with Crippen LogP contribution in [0.15, 0.2) is 96.0 Å². The van der Waals surface area contributed by atoms with Gasteiger partial charge < -0.3 is 0 Å². The summed E-state index contributed by atoms with van der Waals surface area (Å²) < 4.78 is 0. The van der Waals surface area contributed by atoms with Crippen molar-refractivity contribution in [2.75, 3.05) is 11.2 Å². The Morgan fingerprint density at radius 3 is 1.69 bits per heavy atom. The number of hydrogen-bond donors (Lipinski definition) is 0. The Bertz CT molecular complexity index is 900. The average Bonchev–Trinajstić information content (AvgIpc) is 3.03. The lowest BCUT2D eigenvalue weighted by atomic mass is 9.83. The minimum atomic E-state index is -1.06. The van der Waals surface area contributed by atoms with Gasteiger partial charge in [0.2, 0.25) is 0 Å². The number of benzene rings is 3. The summed E-state index contributed by atoms with van der Waals surface area (Å²) in [6, 6.07) is 29.3. The molecule has 0 saturated carbocycles. The number of anilines is 1. The van der Waals surface area contributed by atoms with Gasteiger partial charge in [-0.25, -0.2) is 4.99 Å². The first-order valence-electron chi connectivity index (χ1n) is 8.42. The van der Waals surface area contributed by atoms with E-state index in [9.17, 15) is 4.79 Å². The minimum absolute atomic E-state index is 0.0505. The van der Waals surface area contributed by atoms with Crippen LogP contribution in [0.4, 0.5) is 5.69 Å². The van der Waals surface area contributed by atoms with Gasteiger partial charge in [0.1, 0.15) is 0 Å². The van der Waals surface area contributed by atoms with E-state index < -0.39 is 5.54 Å². The van der Waals surface area contributed by atoms with Gasteiger partial charge in [-0.05, 0) is 29.5 Å². The zero-order chi connectivity index (χ0) is 18.0. The van der Waals surface area contributed by atoms with Gasteiger partial charge in [0.15, 0.2) is 10.7 Å². The highest BCUT2D eigenvalue weighted by atomic mass is 32.2. The molecule has 0 N–H and O–H groups in total. The standard InChI is InChI=1S/C22H18N2OS/c1-26-21-23-22(17-11-5-2-6-12-17,18-13-7-3-8-14-18)20(25)24(21)19-15-9-4-10-16-19/h2-16H,1H3. The molecular weight excluding hydrogens is 340 g/mol. The van der Waals surface area contributed by atoms with E-state index in [4.69, 9.17) is 4.99 Å². The Morgan fingerprint density at radius 2 is 1.23 bits per heavy atom. The van der Waals surface area contributed by atoms with E-state index in [2.05, 4.69) is 0 Å². The Balaban J connectivity index is 1.96. The second-order valence-corrected chi connectivity index (χ2v) is 6.79. The average molecular weight is 358 g/mol. The molecule has 0 spiro atoms. The number of amides is 1. The topological polar surface area (TPSA) is 32.7 Å². The molecule has 26 heavy (non-hydrogen) atoms. The Labute approximate surface area is 157 Å². The fourth-order valence-corrected chi connectivity index (χ4v) is 3.93. The SMILES string of the molecule is CSC1=NC(c2ccccc2)(c2ccccc2)C(=O)N1c1ccccc1. The van der Waals surface area contributed by atoms with Crippen molar-refractivity contribution in [2.45, 2.75) is 5.54 Å². The van der Waals surface area contributed by atoms with E-state index >= 15 is 0 Å². The number of amidine groups is 1. The van der Waals surface area contributed by atoms with Crippen LogP contribution in [0.25, 0.3) is 0 Å². The van der Waals surface area contributed by atoms with Gasteiger partial charge in [-0.3, -0.25) is 9.69 Å². The molecule has 1 heterocycles. The molecule has 128 valence electrons. The number of carbonyl (C=O) groups excluding carboxylic acids is 1. The lowest BCUT2D eigenvalue weighted by molar-refractivity contribution is -0.120. The van der Waals surface area contributed by atoms with E-state index in [1.807, 2.05) is 97.3 Å². The minimum Gasteiger partial charge on any atom is -0.270 e. The number of thioether (sulfide) groups is 1. The van der Waals surface area contributed by atoms with Crippen LogP contribution < -0.4 is 4.90 Å². The number of rotatable bonds is 3. The Hall–Kier alpha value is -2.85. The van der Waals surface area contributed by atoms with Gasteiger partial charge >= 0.3 is 0 Å². The molecule has 4 heteroatoms. The number of aliphatic imine (C=N–C) groups is 1. The molecule has 0 fully saturated rings. The normalized spacial score (nSPS) is 15.8. The first-order valence-corrected chi connectivity index (χ1v) is 9.64. The van der Waals surface area contributed by atoms with Gasteiger partial charge in [0, 0.05) is 0 Å². The molecule has 1 aliphatic heterocycles. The fourth-order valence-electron chi connectivity index (χ4n) is 3.33. The van der Waals surface area contributed by atoms with Gasteiger partial charge in [-0.1, -0.05) is 90.6 Å². The lowest BCUT2D eigenvalue weighted by Crippen LogP contribution is -2.41. The molecule has 0 unspecified atom stereocenters. The number of hydrogen-bond acceptors (Lipinski definition) is 3. The lowest BCUT2D eigenvalue weighted by Gasteiger charge is -2.27. The van der Waals surface area contributed by atoms with E-state index in [-0.39, 0.29) is 5.91 Å². The highest BCUT2D eigenvalue weighted by Crippen LogP contribution is 2.43. The predicted molar refractivity (Wildman–Crippen MR) is 109 cm³/mol. The summed E-state index contributed by atoms with van der Waals surface area (Å²) >= 11 is 1.49. The molecule has 3 aromatic rings. The maximum Gasteiger partial charge on any atom is 0.270 e. The number of para-hydroxylation sites is 1. The van der Waals surface area contributed by atoms with Crippen LogP contribution in [-0.4, -0.2) is 17.3 Å². The molecule has 4 rings (SSSR count). The third-order valence-electron chi connectivity index (χ3n) is 4.55. The molecule has 3 aromatic carbocycles. The van der Waals surface area contributed by atoms with Crippen molar-refractivity contribution in [3.63, 3.8) is 0 Å². The van der Waals surface area contributed by atoms with Crippen LogP contribution in [0.1, 0.15) is 11.1 Å². The molecule has 0 bridgehead atoms. The Morgan fingerprint density at radius 1 is 0.769 bits per heavy atom.